The van der Waals surface area contributed by atoms with Crippen molar-refractivity contribution in [1.29, 1.82) is 0 Å². The van der Waals surface area contributed by atoms with E-state index in [-0.39, 0.29) is 17.7 Å². The summed E-state index contributed by atoms with van der Waals surface area (Å²) in [6.45, 7) is 1.18. The number of likely N-dealkylation sites (tertiary alicyclic amines) is 1. The first kappa shape index (κ1) is 14.8. The highest BCUT2D eigenvalue weighted by atomic mass is 127. The third kappa shape index (κ3) is 3.47. The molecule has 0 aromatic heterocycles. The van der Waals surface area contributed by atoms with Gasteiger partial charge in [-0.3, -0.25) is 9.59 Å². The molecule has 6 heteroatoms. The molecule has 0 aliphatic carbocycles. The minimum Gasteiger partial charge on any atom is -0.369 e. The molecule has 1 heterocycles. The molecule has 0 saturated carbocycles. The zero-order valence-corrected chi connectivity index (χ0v) is 14.0. The van der Waals surface area contributed by atoms with Crippen LogP contribution < -0.4 is 5.73 Å². The highest BCUT2D eigenvalue weighted by molar-refractivity contribution is 14.1. The van der Waals surface area contributed by atoms with Gasteiger partial charge < -0.3 is 10.6 Å². The van der Waals surface area contributed by atoms with Gasteiger partial charge in [-0.2, -0.15) is 0 Å². The van der Waals surface area contributed by atoms with Crippen LogP contribution in [0.5, 0.6) is 0 Å². The molecule has 0 unspecified atom stereocenters. The van der Waals surface area contributed by atoms with E-state index in [1.54, 1.807) is 4.90 Å². The first-order valence-electron chi connectivity index (χ1n) is 6.02. The standard InChI is InChI=1S/C13H14BrIN2O2/c14-11-2-1-9(15)7-10(11)13(19)17-5-3-8(4-6-17)12(16)18/h1-2,7-8H,3-6H2,(H2,16,18). The summed E-state index contributed by atoms with van der Waals surface area (Å²) in [5, 5.41) is 0. The van der Waals surface area contributed by atoms with Gasteiger partial charge in [0.05, 0.1) is 5.56 Å². The summed E-state index contributed by atoms with van der Waals surface area (Å²) >= 11 is 5.59. The summed E-state index contributed by atoms with van der Waals surface area (Å²) in [6, 6.07) is 5.69. The van der Waals surface area contributed by atoms with Gasteiger partial charge >= 0.3 is 0 Å². The Bertz CT molecular complexity index is 513. The maximum absolute atomic E-state index is 12.4. The van der Waals surface area contributed by atoms with Crippen molar-refractivity contribution >= 4 is 50.3 Å². The average molecular weight is 437 g/mol. The molecule has 1 saturated heterocycles. The highest BCUT2D eigenvalue weighted by Crippen LogP contribution is 2.24. The number of nitrogens with zero attached hydrogens (tertiary/aromatic N) is 1. The number of rotatable bonds is 2. The van der Waals surface area contributed by atoms with Gasteiger partial charge in [-0.15, -0.1) is 0 Å². The van der Waals surface area contributed by atoms with Crippen molar-refractivity contribution in [3.8, 4) is 0 Å². The van der Waals surface area contributed by atoms with Crippen molar-refractivity contribution in [2.75, 3.05) is 13.1 Å². The number of amides is 2. The number of piperidine rings is 1. The minimum absolute atomic E-state index is 0.00770. The van der Waals surface area contributed by atoms with Gasteiger partial charge in [0.25, 0.3) is 5.91 Å². The lowest BCUT2D eigenvalue weighted by Crippen LogP contribution is -2.41. The number of benzene rings is 1. The average Bonchev–Trinajstić information content (AvgIpc) is 2.41. The molecule has 1 aliphatic heterocycles. The molecular formula is C13H14BrIN2O2. The first-order chi connectivity index (χ1) is 8.99. The van der Waals surface area contributed by atoms with E-state index in [9.17, 15) is 9.59 Å². The lowest BCUT2D eigenvalue weighted by molar-refractivity contribution is -0.123. The Morgan fingerprint density at radius 2 is 1.95 bits per heavy atom. The fourth-order valence-electron chi connectivity index (χ4n) is 2.20. The second-order valence-corrected chi connectivity index (χ2v) is 6.69. The van der Waals surface area contributed by atoms with Crippen molar-refractivity contribution in [2.45, 2.75) is 12.8 Å². The number of nitrogens with two attached hydrogens (primary N) is 1. The van der Waals surface area contributed by atoms with Crippen LogP contribution in [0.1, 0.15) is 23.2 Å². The van der Waals surface area contributed by atoms with Gasteiger partial charge in [0.15, 0.2) is 0 Å². The third-order valence-electron chi connectivity index (χ3n) is 3.34. The summed E-state index contributed by atoms with van der Waals surface area (Å²) < 4.78 is 1.83. The van der Waals surface area contributed by atoms with Crippen molar-refractivity contribution in [3.05, 3.63) is 31.8 Å². The Morgan fingerprint density at radius 1 is 1.32 bits per heavy atom. The molecule has 1 aromatic carbocycles. The van der Waals surface area contributed by atoms with E-state index >= 15 is 0 Å². The third-order valence-corrected chi connectivity index (χ3v) is 4.71. The van der Waals surface area contributed by atoms with E-state index in [0.717, 1.165) is 8.04 Å². The Balaban J connectivity index is 2.09. The zero-order valence-electron chi connectivity index (χ0n) is 10.2. The maximum atomic E-state index is 12.4. The van der Waals surface area contributed by atoms with E-state index in [0.29, 0.717) is 31.5 Å². The van der Waals surface area contributed by atoms with E-state index in [4.69, 9.17) is 5.73 Å². The molecule has 2 N–H and O–H groups in total. The second kappa shape index (κ2) is 6.21. The number of hydrogen-bond acceptors (Lipinski definition) is 2. The molecule has 4 nitrogen and oxygen atoms in total. The largest absolute Gasteiger partial charge is 0.369 e. The fourth-order valence-corrected chi connectivity index (χ4v) is 3.11. The topological polar surface area (TPSA) is 63.4 Å². The summed E-state index contributed by atoms with van der Waals surface area (Å²) in [4.78, 5) is 25.3. The fraction of sp³-hybridized carbons (Fsp3) is 0.385. The molecule has 0 bridgehead atoms. The van der Waals surface area contributed by atoms with Gasteiger partial charge in [0, 0.05) is 27.1 Å². The van der Waals surface area contributed by atoms with Crippen LogP contribution >= 0.6 is 38.5 Å². The first-order valence-corrected chi connectivity index (χ1v) is 7.90. The molecular weight excluding hydrogens is 423 g/mol. The number of primary amides is 1. The van der Waals surface area contributed by atoms with Crippen molar-refractivity contribution in [2.24, 2.45) is 11.7 Å². The molecule has 1 aliphatic rings. The van der Waals surface area contributed by atoms with Crippen molar-refractivity contribution < 1.29 is 9.59 Å². The summed E-state index contributed by atoms with van der Waals surface area (Å²) in [7, 11) is 0. The Hall–Kier alpha value is -0.630. The zero-order chi connectivity index (χ0) is 14.0. The van der Waals surface area contributed by atoms with E-state index < -0.39 is 0 Å². The van der Waals surface area contributed by atoms with Gasteiger partial charge in [0.1, 0.15) is 0 Å². The van der Waals surface area contributed by atoms with E-state index in [2.05, 4.69) is 38.5 Å². The maximum Gasteiger partial charge on any atom is 0.255 e. The number of hydrogen-bond donors (Lipinski definition) is 1. The van der Waals surface area contributed by atoms with Gasteiger partial charge in [-0.1, -0.05) is 0 Å². The van der Waals surface area contributed by atoms with Crippen LogP contribution in [0.3, 0.4) is 0 Å². The lowest BCUT2D eigenvalue weighted by atomic mass is 9.96. The molecule has 2 rings (SSSR count). The van der Waals surface area contributed by atoms with Crippen molar-refractivity contribution in [3.63, 3.8) is 0 Å². The summed E-state index contributed by atoms with van der Waals surface area (Å²) in [5.74, 6) is -0.348. The van der Waals surface area contributed by atoms with Crippen LogP contribution in [-0.4, -0.2) is 29.8 Å². The predicted molar refractivity (Wildman–Crippen MR) is 84.7 cm³/mol. The molecule has 0 spiro atoms. The molecule has 19 heavy (non-hydrogen) atoms. The van der Waals surface area contributed by atoms with Crippen LogP contribution in [0.15, 0.2) is 22.7 Å². The van der Waals surface area contributed by atoms with E-state index in [1.807, 2.05) is 18.2 Å². The molecule has 2 amide bonds. The second-order valence-electron chi connectivity index (χ2n) is 4.59. The molecule has 1 fully saturated rings. The molecule has 1 aromatic rings. The molecule has 0 radical (unpaired) electrons. The van der Waals surface area contributed by atoms with Crippen LogP contribution in [-0.2, 0) is 4.79 Å². The SMILES string of the molecule is NC(=O)C1CCN(C(=O)c2cc(I)ccc2Br)CC1. The summed E-state index contributed by atoms with van der Waals surface area (Å²) in [6.07, 6.45) is 1.31. The molecule has 102 valence electrons. The predicted octanol–water partition coefficient (Wildman–Crippen LogP) is 2.39. The number of halogens is 2. The monoisotopic (exact) mass is 436 g/mol. The Morgan fingerprint density at radius 3 is 2.53 bits per heavy atom. The quantitative estimate of drug-likeness (QED) is 0.723. The smallest absolute Gasteiger partial charge is 0.255 e. The summed E-state index contributed by atoms with van der Waals surface area (Å²) in [5.41, 5.74) is 5.96. The van der Waals surface area contributed by atoms with Crippen LogP contribution in [0.2, 0.25) is 0 Å². The highest BCUT2D eigenvalue weighted by Gasteiger charge is 2.27. The lowest BCUT2D eigenvalue weighted by Gasteiger charge is -2.30. The normalized spacial score (nSPS) is 16.4. The van der Waals surface area contributed by atoms with Crippen LogP contribution in [0.4, 0.5) is 0 Å². The van der Waals surface area contributed by atoms with Crippen molar-refractivity contribution in [1.82, 2.24) is 4.90 Å². The minimum atomic E-state index is -0.262. The van der Waals surface area contributed by atoms with Crippen LogP contribution in [0.25, 0.3) is 0 Å². The Labute approximate surface area is 134 Å². The molecule has 0 atom stereocenters. The number of carbonyl (C=O) groups excluding carboxylic acids is 2. The Kier molecular flexibility index (Phi) is 4.83. The van der Waals surface area contributed by atoms with Gasteiger partial charge in [0.2, 0.25) is 5.91 Å². The van der Waals surface area contributed by atoms with E-state index in [1.165, 1.54) is 0 Å². The van der Waals surface area contributed by atoms with Gasteiger partial charge in [-0.25, -0.2) is 0 Å². The van der Waals surface area contributed by atoms with Gasteiger partial charge in [-0.05, 0) is 69.6 Å². The number of carbonyl (C=O) groups is 2. The van der Waals surface area contributed by atoms with Crippen LogP contribution in [0, 0.1) is 9.49 Å².